The highest BCUT2D eigenvalue weighted by molar-refractivity contribution is 7.99. The molecule has 18 heavy (non-hydrogen) atoms. The van der Waals surface area contributed by atoms with Gasteiger partial charge in [-0.25, -0.2) is 17.9 Å². The van der Waals surface area contributed by atoms with Gasteiger partial charge in [0.1, 0.15) is 11.5 Å². The van der Waals surface area contributed by atoms with Gasteiger partial charge in [-0.3, -0.25) is 0 Å². The molecule has 0 fully saturated rings. The Morgan fingerprint density at radius 1 is 1.22 bits per heavy atom. The van der Waals surface area contributed by atoms with Gasteiger partial charge in [-0.15, -0.1) is 11.8 Å². The summed E-state index contributed by atoms with van der Waals surface area (Å²) >= 11 is 1.43. The Balaban J connectivity index is 2.52. The molecule has 0 bridgehead atoms. The zero-order chi connectivity index (χ0) is 13.3. The summed E-state index contributed by atoms with van der Waals surface area (Å²) in [5.74, 6) is -2.34. The molecule has 0 unspecified atom stereocenters. The average molecular weight is 273 g/mol. The van der Waals surface area contributed by atoms with E-state index < -0.39 is 17.5 Å². The first-order valence-corrected chi connectivity index (χ1v) is 6.14. The van der Waals surface area contributed by atoms with Crippen LogP contribution in [-0.4, -0.2) is 15.5 Å². The van der Waals surface area contributed by atoms with Crippen LogP contribution < -0.4 is 5.73 Å². The topological polar surface area (TPSA) is 43.8 Å². The van der Waals surface area contributed by atoms with Gasteiger partial charge in [-0.1, -0.05) is 6.92 Å². The fourth-order valence-corrected chi connectivity index (χ4v) is 2.14. The molecule has 2 N–H and O–H groups in total. The van der Waals surface area contributed by atoms with E-state index in [4.69, 9.17) is 5.73 Å². The van der Waals surface area contributed by atoms with Gasteiger partial charge in [0.25, 0.3) is 0 Å². The van der Waals surface area contributed by atoms with Crippen molar-refractivity contribution < 1.29 is 13.2 Å². The van der Waals surface area contributed by atoms with E-state index >= 15 is 0 Å². The van der Waals surface area contributed by atoms with Gasteiger partial charge in [0.2, 0.25) is 0 Å². The van der Waals surface area contributed by atoms with Crippen LogP contribution in [0.1, 0.15) is 6.92 Å². The fourth-order valence-electron chi connectivity index (χ4n) is 1.48. The SMILES string of the molecule is CCSc1cnn(-c2cc(F)c(F)cc2F)c1N. The van der Waals surface area contributed by atoms with Crippen molar-refractivity contribution in [1.82, 2.24) is 9.78 Å². The number of nitrogens with two attached hydrogens (primary N) is 1. The summed E-state index contributed by atoms with van der Waals surface area (Å²) in [6, 6.07) is 1.20. The molecule has 0 spiro atoms. The largest absolute Gasteiger partial charge is 0.383 e. The summed E-state index contributed by atoms with van der Waals surface area (Å²) in [5.41, 5.74) is 5.56. The van der Waals surface area contributed by atoms with Gasteiger partial charge in [-0.05, 0) is 5.75 Å². The second kappa shape index (κ2) is 4.93. The van der Waals surface area contributed by atoms with Crippen LogP contribution in [-0.2, 0) is 0 Å². The van der Waals surface area contributed by atoms with E-state index in [2.05, 4.69) is 5.10 Å². The maximum Gasteiger partial charge on any atom is 0.161 e. The molecule has 1 aromatic carbocycles. The van der Waals surface area contributed by atoms with E-state index in [1.54, 1.807) is 0 Å². The standard InChI is InChI=1S/C11H10F3N3S/c1-2-18-10-5-16-17(11(10)15)9-4-7(13)6(12)3-8(9)14/h3-5H,2,15H2,1H3. The Bertz CT molecular complexity index is 583. The number of nitrogen functional groups attached to an aromatic ring is 1. The molecular weight excluding hydrogens is 263 g/mol. The minimum Gasteiger partial charge on any atom is -0.383 e. The quantitative estimate of drug-likeness (QED) is 0.690. The summed E-state index contributed by atoms with van der Waals surface area (Å²) in [7, 11) is 0. The first kappa shape index (κ1) is 12.8. The minimum absolute atomic E-state index is 0.201. The smallest absolute Gasteiger partial charge is 0.161 e. The summed E-state index contributed by atoms with van der Waals surface area (Å²) in [6.07, 6.45) is 1.46. The molecule has 1 aromatic heterocycles. The molecular formula is C11H10F3N3S. The third-order valence-corrected chi connectivity index (χ3v) is 3.20. The van der Waals surface area contributed by atoms with Crippen LogP contribution in [0.15, 0.2) is 23.2 Å². The molecule has 0 radical (unpaired) electrons. The number of hydrogen-bond donors (Lipinski definition) is 1. The number of aromatic nitrogens is 2. The van der Waals surface area contributed by atoms with Crippen molar-refractivity contribution in [1.29, 1.82) is 0 Å². The van der Waals surface area contributed by atoms with E-state index in [9.17, 15) is 13.2 Å². The van der Waals surface area contributed by atoms with Crippen LogP contribution in [0.25, 0.3) is 5.69 Å². The fraction of sp³-hybridized carbons (Fsp3) is 0.182. The van der Waals surface area contributed by atoms with Crippen molar-refractivity contribution in [3.05, 3.63) is 35.8 Å². The summed E-state index contributed by atoms with van der Waals surface area (Å²) in [4.78, 5) is 0.668. The molecule has 0 aliphatic rings. The average Bonchev–Trinajstić information content (AvgIpc) is 2.67. The van der Waals surface area contributed by atoms with Crippen LogP contribution >= 0.6 is 11.8 Å². The molecule has 96 valence electrons. The molecule has 0 saturated heterocycles. The number of halogens is 3. The minimum atomic E-state index is -1.25. The molecule has 0 aliphatic heterocycles. The Morgan fingerprint density at radius 2 is 1.89 bits per heavy atom. The first-order chi connectivity index (χ1) is 8.54. The third kappa shape index (κ3) is 2.17. The molecule has 0 atom stereocenters. The normalized spacial score (nSPS) is 10.9. The molecule has 0 saturated carbocycles. The van der Waals surface area contributed by atoms with Crippen LogP contribution in [0.2, 0.25) is 0 Å². The lowest BCUT2D eigenvalue weighted by molar-refractivity contribution is 0.491. The summed E-state index contributed by atoms with van der Waals surface area (Å²) < 4.78 is 40.5. The van der Waals surface area contributed by atoms with Gasteiger partial charge in [0.05, 0.1) is 11.1 Å². The van der Waals surface area contributed by atoms with E-state index in [1.807, 2.05) is 6.92 Å². The van der Waals surface area contributed by atoms with Crippen LogP contribution in [0.4, 0.5) is 19.0 Å². The third-order valence-electron chi connectivity index (χ3n) is 2.29. The molecule has 0 aliphatic carbocycles. The summed E-state index contributed by atoms with van der Waals surface area (Å²) in [5, 5.41) is 3.88. The lowest BCUT2D eigenvalue weighted by atomic mass is 10.3. The number of nitrogens with zero attached hydrogens (tertiary/aromatic N) is 2. The predicted molar refractivity (Wildman–Crippen MR) is 64.2 cm³/mol. The highest BCUT2D eigenvalue weighted by atomic mass is 32.2. The lowest BCUT2D eigenvalue weighted by Crippen LogP contribution is -2.06. The Hall–Kier alpha value is -1.63. The van der Waals surface area contributed by atoms with Crippen molar-refractivity contribution in [3.8, 4) is 5.69 Å². The molecule has 7 heteroatoms. The molecule has 2 rings (SSSR count). The second-order valence-electron chi connectivity index (χ2n) is 3.46. The monoisotopic (exact) mass is 273 g/mol. The van der Waals surface area contributed by atoms with Crippen molar-refractivity contribution in [2.24, 2.45) is 0 Å². The van der Waals surface area contributed by atoms with Gasteiger partial charge < -0.3 is 5.73 Å². The number of benzene rings is 1. The molecule has 1 heterocycles. The Morgan fingerprint density at radius 3 is 2.56 bits per heavy atom. The van der Waals surface area contributed by atoms with Gasteiger partial charge in [-0.2, -0.15) is 5.10 Å². The maximum absolute atomic E-state index is 13.6. The van der Waals surface area contributed by atoms with E-state index in [-0.39, 0.29) is 11.5 Å². The zero-order valence-corrected chi connectivity index (χ0v) is 10.3. The van der Waals surface area contributed by atoms with E-state index in [0.29, 0.717) is 11.0 Å². The van der Waals surface area contributed by atoms with Gasteiger partial charge in [0.15, 0.2) is 17.5 Å². The molecule has 3 nitrogen and oxygen atoms in total. The van der Waals surface area contributed by atoms with Crippen molar-refractivity contribution in [3.63, 3.8) is 0 Å². The number of rotatable bonds is 3. The van der Waals surface area contributed by atoms with E-state index in [0.717, 1.165) is 16.5 Å². The summed E-state index contributed by atoms with van der Waals surface area (Å²) in [6.45, 7) is 1.93. The van der Waals surface area contributed by atoms with Crippen molar-refractivity contribution in [2.45, 2.75) is 11.8 Å². The van der Waals surface area contributed by atoms with Gasteiger partial charge >= 0.3 is 0 Å². The molecule has 0 amide bonds. The Labute approximate surface area is 106 Å². The van der Waals surface area contributed by atoms with Gasteiger partial charge in [0, 0.05) is 12.1 Å². The van der Waals surface area contributed by atoms with Crippen LogP contribution in [0.5, 0.6) is 0 Å². The van der Waals surface area contributed by atoms with Crippen LogP contribution in [0, 0.1) is 17.5 Å². The second-order valence-corrected chi connectivity index (χ2v) is 4.76. The zero-order valence-electron chi connectivity index (χ0n) is 9.45. The lowest BCUT2D eigenvalue weighted by Gasteiger charge is -2.06. The first-order valence-electron chi connectivity index (χ1n) is 5.15. The number of anilines is 1. The maximum atomic E-state index is 13.6. The predicted octanol–water partition coefficient (Wildman–Crippen LogP) is 2.98. The number of thioether (sulfide) groups is 1. The van der Waals surface area contributed by atoms with E-state index in [1.165, 1.54) is 18.0 Å². The highest BCUT2D eigenvalue weighted by Gasteiger charge is 2.16. The number of hydrogen-bond acceptors (Lipinski definition) is 3. The van der Waals surface area contributed by atoms with Crippen LogP contribution in [0.3, 0.4) is 0 Å². The van der Waals surface area contributed by atoms with Crippen molar-refractivity contribution in [2.75, 3.05) is 11.5 Å². The molecule has 2 aromatic rings. The van der Waals surface area contributed by atoms with Crippen molar-refractivity contribution >= 4 is 17.6 Å². The highest BCUT2D eigenvalue weighted by Crippen LogP contribution is 2.28. The Kier molecular flexibility index (Phi) is 3.51.